The van der Waals surface area contributed by atoms with Crippen LogP contribution >= 0.6 is 0 Å². The van der Waals surface area contributed by atoms with Crippen LogP contribution in [0.2, 0.25) is 0 Å². The molecule has 1 aliphatic rings. The first kappa shape index (κ1) is 11.3. The van der Waals surface area contributed by atoms with Gasteiger partial charge in [0.2, 0.25) is 0 Å². The number of nitrogens with one attached hydrogen (secondary N) is 1. The zero-order valence-corrected chi connectivity index (χ0v) is 9.74. The number of nitrogens with zero attached hydrogens (tertiary/aromatic N) is 2. The van der Waals surface area contributed by atoms with E-state index >= 15 is 0 Å². The van der Waals surface area contributed by atoms with Gasteiger partial charge in [0.25, 0.3) is 0 Å². The Bertz CT molecular complexity index is 559. The van der Waals surface area contributed by atoms with E-state index < -0.39 is 11.6 Å². The van der Waals surface area contributed by atoms with Crippen LogP contribution in [0, 0.1) is 11.6 Å². The second kappa shape index (κ2) is 4.49. The molecule has 2 heterocycles. The SMILES string of the molecule is Fc1cccc(-n2cncc2[C@@H]2CCCN2)c1F. The van der Waals surface area contributed by atoms with Gasteiger partial charge in [-0.25, -0.2) is 13.8 Å². The minimum Gasteiger partial charge on any atom is -0.309 e. The van der Waals surface area contributed by atoms with Gasteiger partial charge in [0, 0.05) is 6.04 Å². The molecule has 0 saturated carbocycles. The number of imidazole rings is 1. The average molecular weight is 249 g/mol. The molecule has 1 fully saturated rings. The van der Waals surface area contributed by atoms with E-state index in [-0.39, 0.29) is 11.7 Å². The van der Waals surface area contributed by atoms with Crippen LogP contribution in [-0.4, -0.2) is 16.1 Å². The Labute approximate surface area is 103 Å². The van der Waals surface area contributed by atoms with Crippen LogP contribution in [0.5, 0.6) is 0 Å². The largest absolute Gasteiger partial charge is 0.309 e. The van der Waals surface area contributed by atoms with Crippen LogP contribution in [-0.2, 0) is 0 Å². The molecule has 1 aromatic heterocycles. The summed E-state index contributed by atoms with van der Waals surface area (Å²) in [6.45, 7) is 0.946. The molecule has 5 heteroatoms. The average Bonchev–Trinajstić information content (AvgIpc) is 3.01. The Hall–Kier alpha value is -1.75. The van der Waals surface area contributed by atoms with E-state index in [2.05, 4.69) is 10.3 Å². The van der Waals surface area contributed by atoms with Crippen molar-refractivity contribution >= 4 is 0 Å². The monoisotopic (exact) mass is 249 g/mol. The van der Waals surface area contributed by atoms with Gasteiger partial charge in [0.1, 0.15) is 0 Å². The van der Waals surface area contributed by atoms with E-state index in [1.165, 1.54) is 12.4 Å². The van der Waals surface area contributed by atoms with Crippen LogP contribution < -0.4 is 5.32 Å². The van der Waals surface area contributed by atoms with Gasteiger partial charge in [-0.05, 0) is 31.5 Å². The van der Waals surface area contributed by atoms with Crippen LogP contribution in [0.4, 0.5) is 8.78 Å². The van der Waals surface area contributed by atoms with E-state index in [0.717, 1.165) is 31.1 Å². The highest BCUT2D eigenvalue weighted by Gasteiger charge is 2.21. The van der Waals surface area contributed by atoms with Crippen LogP contribution in [0.25, 0.3) is 5.69 Å². The van der Waals surface area contributed by atoms with Crippen LogP contribution in [0.1, 0.15) is 24.6 Å². The first-order valence-electron chi connectivity index (χ1n) is 5.97. The zero-order valence-electron chi connectivity index (χ0n) is 9.74. The molecule has 1 aromatic carbocycles. The van der Waals surface area contributed by atoms with Crippen molar-refractivity contribution in [2.45, 2.75) is 18.9 Å². The van der Waals surface area contributed by atoms with Crippen molar-refractivity contribution < 1.29 is 8.78 Å². The summed E-state index contributed by atoms with van der Waals surface area (Å²) in [6.07, 6.45) is 5.30. The Balaban J connectivity index is 2.06. The Morgan fingerprint density at radius 2 is 2.22 bits per heavy atom. The molecule has 3 nitrogen and oxygen atoms in total. The van der Waals surface area contributed by atoms with Crippen molar-refractivity contribution in [1.82, 2.24) is 14.9 Å². The lowest BCUT2D eigenvalue weighted by Gasteiger charge is -2.14. The van der Waals surface area contributed by atoms with E-state index in [9.17, 15) is 8.78 Å². The first-order valence-corrected chi connectivity index (χ1v) is 5.97. The maximum absolute atomic E-state index is 13.8. The van der Waals surface area contributed by atoms with Gasteiger partial charge in [-0.15, -0.1) is 0 Å². The summed E-state index contributed by atoms with van der Waals surface area (Å²) >= 11 is 0. The second-order valence-corrected chi connectivity index (χ2v) is 4.41. The highest BCUT2D eigenvalue weighted by Crippen LogP contribution is 2.26. The summed E-state index contributed by atoms with van der Waals surface area (Å²) in [5.74, 6) is -1.68. The minimum absolute atomic E-state index is 0.162. The maximum atomic E-state index is 13.8. The molecule has 94 valence electrons. The summed E-state index contributed by atoms with van der Waals surface area (Å²) in [6, 6.07) is 4.33. The molecule has 0 spiro atoms. The predicted octanol–water partition coefficient (Wildman–Crippen LogP) is 2.58. The normalized spacial score (nSPS) is 19.3. The van der Waals surface area contributed by atoms with E-state index in [0.29, 0.717) is 0 Å². The fraction of sp³-hybridized carbons (Fsp3) is 0.308. The number of benzene rings is 1. The summed E-state index contributed by atoms with van der Waals surface area (Å²) in [4.78, 5) is 4.05. The van der Waals surface area contributed by atoms with Crippen molar-refractivity contribution in [3.05, 3.63) is 48.1 Å². The molecule has 2 aromatic rings. The second-order valence-electron chi connectivity index (χ2n) is 4.41. The third kappa shape index (κ3) is 1.80. The predicted molar refractivity (Wildman–Crippen MR) is 63.5 cm³/mol. The first-order chi connectivity index (χ1) is 8.77. The zero-order chi connectivity index (χ0) is 12.5. The topological polar surface area (TPSA) is 29.9 Å². The number of hydrogen-bond acceptors (Lipinski definition) is 2. The summed E-state index contributed by atoms with van der Waals surface area (Å²) in [5, 5.41) is 3.33. The fourth-order valence-corrected chi connectivity index (χ4v) is 2.38. The maximum Gasteiger partial charge on any atom is 0.182 e. The molecule has 1 N–H and O–H groups in total. The lowest BCUT2D eigenvalue weighted by molar-refractivity contribution is 0.501. The summed E-state index contributed by atoms with van der Waals surface area (Å²) < 4.78 is 28.7. The molecule has 0 aliphatic carbocycles. The van der Waals surface area contributed by atoms with E-state index in [1.807, 2.05) is 0 Å². The van der Waals surface area contributed by atoms with Crippen molar-refractivity contribution in [3.8, 4) is 5.69 Å². The van der Waals surface area contributed by atoms with Crippen LogP contribution in [0.15, 0.2) is 30.7 Å². The summed E-state index contributed by atoms with van der Waals surface area (Å²) in [5.41, 5.74) is 1.08. The molecule has 0 radical (unpaired) electrons. The van der Waals surface area contributed by atoms with Gasteiger partial charge >= 0.3 is 0 Å². The third-order valence-electron chi connectivity index (χ3n) is 3.28. The molecule has 1 aliphatic heterocycles. The molecule has 18 heavy (non-hydrogen) atoms. The van der Waals surface area contributed by atoms with Gasteiger partial charge in [0.15, 0.2) is 11.6 Å². The highest BCUT2D eigenvalue weighted by atomic mass is 19.2. The van der Waals surface area contributed by atoms with Crippen molar-refractivity contribution in [2.75, 3.05) is 6.54 Å². The number of aromatic nitrogens is 2. The lowest BCUT2D eigenvalue weighted by Crippen LogP contribution is -2.16. The van der Waals surface area contributed by atoms with Crippen molar-refractivity contribution in [3.63, 3.8) is 0 Å². The molecule has 3 rings (SSSR count). The van der Waals surface area contributed by atoms with Gasteiger partial charge < -0.3 is 5.32 Å². The Kier molecular flexibility index (Phi) is 2.83. The van der Waals surface area contributed by atoms with Crippen molar-refractivity contribution in [1.29, 1.82) is 0 Å². The minimum atomic E-state index is -0.841. The van der Waals surface area contributed by atoms with Crippen molar-refractivity contribution in [2.24, 2.45) is 0 Å². The molecular formula is C13H13F2N3. The van der Waals surface area contributed by atoms with E-state index in [1.54, 1.807) is 16.8 Å². The smallest absolute Gasteiger partial charge is 0.182 e. The Morgan fingerprint density at radius 3 is 3.00 bits per heavy atom. The van der Waals surface area contributed by atoms with Gasteiger partial charge in [-0.1, -0.05) is 6.07 Å². The molecule has 1 atom stereocenters. The Morgan fingerprint density at radius 1 is 1.33 bits per heavy atom. The standard InChI is InChI=1S/C13H13F2N3/c14-9-3-1-5-11(13(9)15)18-8-16-7-12(18)10-4-2-6-17-10/h1,3,5,7-8,10,17H,2,4,6H2/t10-/m0/s1. The van der Waals surface area contributed by atoms with Crippen LogP contribution in [0.3, 0.4) is 0 Å². The van der Waals surface area contributed by atoms with Gasteiger partial charge in [-0.3, -0.25) is 4.57 Å². The number of halogens is 2. The number of hydrogen-bond donors (Lipinski definition) is 1. The van der Waals surface area contributed by atoms with Gasteiger partial charge in [-0.2, -0.15) is 0 Å². The molecule has 1 saturated heterocycles. The molecule has 0 bridgehead atoms. The fourth-order valence-electron chi connectivity index (χ4n) is 2.38. The third-order valence-corrected chi connectivity index (χ3v) is 3.28. The molecular weight excluding hydrogens is 236 g/mol. The number of rotatable bonds is 2. The molecule has 0 unspecified atom stereocenters. The summed E-state index contributed by atoms with van der Waals surface area (Å²) in [7, 11) is 0. The lowest BCUT2D eigenvalue weighted by atomic mass is 10.1. The quantitative estimate of drug-likeness (QED) is 0.886. The van der Waals surface area contributed by atoms with Gasteiger partial charge in [0.05, 0.1) is 23.9 Å². The van der Waals surface area contributed by atoms with E-state index in [4.69, 9.17) is 0 Å². The molecule has 0 amide bonds. The highest BCUT2D eigenvalue weighted by molar-refractivity contribution is 5.36.